The summed E-state index contributed by atoms with van der Waals surface area (Å²) < 4.78 is 24.1. The highest BCUT2D eigenvalue weighted by atomic mass is 79.9. The number of benzene rings is 1. The van der Waals surface area contributed by atoms with Crippen molar-refractivity contribution in [3.63, 3.8) is 0 Å². The predicted octanol–water partition coefficient (Wildman–Crippen LogP) is 3.57. The normalized spacial score (nSPS) is 10.2. The molecular weight excluding hydrogens is 291 g/mol. The van der Waals surface area contributed by atoms with Gasteiger partial charge in [0.1, 0.15) is 23.9 Å². The first-order valence-corrected chi connectivity index (χ1v) is 5.60. The Morgan fingerprint density at radius 2 is 2.18 bits per heavy atom. The van der Waals surface area contributed by atoms with Crippen LogP contribution >= 0.6 is 15.9 Å². The van der Waals surface area contributed by atoms with Crippen LogP contribution in [0.1, 0.15) is 16.3 Å². The third-order valence-electron chi connectivity index (χ3n) is 2.06. The molecule has 0 spiro atoms. The number of carbonyl (C=O) groups excluding carboxylic acids is 1. The van der Waals surface area contributed by atoms with Crippen LogP contribution in [0.25, 0.3) is 0 Å². The summed E-state index contributed by atoms with van der Waals surface area (Å²) in [6.45, 7) is 0.135. The Hall–Kier alpha value is -1.62. The molecule has 0 aliphatic rings. The molecule has 17 heavy (non-hydrogen) atoms. The van der Waals surface area contributed by atoms with Crippen molar-refractivity contribution in [3.8, 4) is 5.75 Å². The van der Waals surface area contributed by atoms with Gasteiger partial charge in [0.2, 0.25) is 0 Å². The van der Waals surface area contributed by atoms with Crippen molar-refractivity contribution in [2.24, 2.45) is 0 Å². The maximum Gasteiger partial charge on any atom is 0.185 e. The number of halogens is 2. The average molecular weight is 299 g/mol. The molecule has 5 heteroatoms. The van der Waals surface area contributed by atoms with Gasteiger partial charge in [0.05, 0.1) is 4.47 Å². The molecule has 1 aromatic carbocycles. The fraction of sp³-hybridized carbons (Fsp3) is 0.0833. The van der Waals surface area contributed by atoms with Gasteiger partial charge in [-0.25, -0.2) is 4.39 Å². The van der Waals surface area contributed by atoms with E-state index in [0.29, 0.717) is 22.3 Å². The molecule has 1 aromatic heterocycles. The zero-order chi connectivity index (χ0) is 12.3. The summed E-state index contributed by atoms with van der Waals surface area (Å²) in [5.74, 6) is 0.746. The smallest absolute Gasteiger partial charge is 0.185 e. The molecule has 0 amide bonds. The van der Waals surface area contributed by atoms with E-state index in [1.54, 1.807) is 18.2 Å². The van der Waals surface area contributed by atoms with Crippen LogP contribution < -0.4 is 4.74 Å². The van der Waals surface area contributed by atoms with Gasteiger partial charge in [-0.2, -0.15) is 0 Å². The monoisotopic (exact) mass is 298 g/mol. The molecule has 2 aromatic rings. The summed E-state index contributed by atoms with van der Waals surface area (Å²) in [6, 6.07) is 7.34. The second-order valence-electron chi connectivity index (χ2n) is 3.29. The molecule has 0 bridgehead atoms. The molecule has 0 radical (unpaired) electrons. The van der Waals surface area contributed by atoms with E-state index < -0.39 is 0 Å². The van der Waals surface area contributed by atoms with Crippen LogP contribution in [0.2, 0.25) is 0 Å². The topological polar surface area (TPSA) is 39.4 Å². The van der Waals surface area contributed by atoms with E-state index >= 15 is 0 Å². The Morgan fingerprint density at radius 3 is 2.88 bits per heavy atom. The minimum Gasteiger partial charge on any atom is -0.484 e. The molecule has 0 unspecified atom stereocenters. The van der Waals surface area contributed by atoms with Crippen molar-refractivity contribution in [3.05, 3.63) is 52.1 Å². The van der Waals surface area contributed by atoms with Crippen LogP contribution in [0.15, 0.2) is 39.2 Å². The van der Waals surface area contributed by atoms with Crippen molar-refractivity contribution in [1.29, 1.82) is 0 Å². The van der Waals surface area contributed by atoms with E-state index in [2.05, 4.69) is 15.9 Å². The second-order valence-corrected chi connectivity index (χ2v) is 4.14. The van der Waals surface area contributed by atoms with Gasteiger partial charge in [-0.05, 0) is 40.2 Å². The lowest BCUT2D eigenvalue weighted by molar-refractivity contribution is 0.109. The lowest BCUT2D eigenvalue weighted by atomic mass is 10.3. The highest BCUT2D eigenvalue weighted by molar-refractivity contribution is 9.10. The number of carbonyl (C=O) groups is 1. The zero-order valence-corrected chi connectivity index (χ0v) is 10.2. The van der Waals surface area contributed by atoms with E-state index in [9.17, 15) is 9.18 Å². The summed E-state index contributed by atoms with van der Waals surface area (Å²) in [4.78, 5) is 10.4. The van der Waals surface area contributed by atoms with Crippen LogP contribution in [-0.4, -0.2) is 6.29 Å². The van der Waals surface area contributed by atoms with E-state index in [-0.39, 0.29) is 18.2 Å². The van der Waals surface area contributed by atoms with E-state index in [0.717, 1.165) is 0 Å². The molecule has 0 fully saturated rings. The summed E-state index contributed by atoms with van der Waals surface area (Å²) >= 11 is 3.24. The Labute approximate surface area is 105 Å². The predicted molar refractivity (Wildman–Crippen MR) is 62.5 cm³/mol. The maximum absolute atomic E-state index is 13.0. The highest BCUT2D eigenvalue weighted by Crippen LogP contribution is 2.26. The Morgan fingerprint density at radius 1 is 1.35 bits per heavy atom. The minimum atomic E-state index is -0.378. The van der Waals surface area contributed by atoms with Crippen LogP contribution in [0.3, 0.4) is 0 Å². The van der Waals surface area contributed by atoms with Gasteiger partial charge in [0.25, 0.3) is 0 Å². The highest BCUT2D eigenvalue weighted by Gasteiger charge is 2.06. The zero-order valence-electron chi connectivity index (χ0n) is 8.65. The van der Waals surface area contributed by atoms with Crippen molar-refractivity contribution in [2.75, 3.05) is 0 Å². The third-order valence-corrected chi connectivity index (χ3v) is 2.72. The molecular formula is C12H8BrFO3. The Kier molecular flexibility index (Phi) is 3.58. The fourth-order valence-electron chi connectivity index (χ4n) is 1.27. The maximum atomic E-state index is 13.0. The molecule has 2 rings (SSSR count). The number of hydrogen-bond donors (Lipinski definition) is 0. The standard InChI is InChI=1S/C12H8BrFO3/c13-11-4-1-8(14)5-12(11)16-7-10-3-2-9(6-15)17-10/h1-6H,7H2. The summed E-state index contributed by atoms with van der Waals surface area (Å²) in [6.07, 6.45) is 0.613. The van der Waals surface area contributed by atoms with Gasteiger partial charge in [0.15, 0.2) is 12.0 Å². The van der Waals surface area contributed by atoms with E-state index in [1.807, 2.05) is 0 Å². The van der Waals surface area contributed by atoms with Crippen molar-refractivity contribution >= 4 is 22.2 Å². The van der Waals surface area contributed by atoms with Gasteiger partial charge in [-0.1, -0.05) is 0 Å². The lowest BCUT2D eigenvalue weighted by Gasteiger charge is -2.06. The van der Waals surface area contributed by atoms with Gasteiger partial charge < -0.3 is 9.15 Å². The van der Waals surface area contributed by atoms with E-state index in [4.69, 9.17) is 9.15 Å². The quantitative estimate of drug-likeness (QED) is 0.810. The molecule has 0 atom stereocenters. The van der Waals surface area contributed by atoms with Crippen LogP contribution in [-0.2, 0) is 6.61 Å². The molecule has 0 aliphatic heterocycles. The molecule has 0 saturated heterocycles. The van der Waals surface area contributed by atoms with Crippen LogP contribution in [0.5, 0.6) is 5.75 Å². The first kappa shape index (κ1) is 11.9. The molecule has 1 heterocycles. The van der Waals surface area contributed by atoms with Gasteiger partial charge in [0, 0.05) is 6.07 Å². The van der Waals surface area contributed by atoms with Crippen LogP contribution in [0.4, 0.5) is 4.39 Å². The van der Waals surface area contributed by atoms with Crippen LogP contribution in [0, 0.1) is 5.82 Å². The van der Waals surface area contributed by atoms with Gasteiger partial charge in [-0.15, -0.1) is 0 Å². The molecule has 88 valence electrons. The lowest BCUT2D eigenvalue weighted by Crippen LogP contribution is -1.95. The van der Waals surface area contributed by atoms with E-state index in [1.165, 1.54) is 12.1 Å². The second kappa shape index (κ2) is 5.14. The first-order valence-electron chi connectivity index (χ1n) is 4.81. The summed E-state index contributed by atoms with van der Waals surface area (Å²) in [5.41, 5.74) is 0. The van der Waals surface area contributed by atoms with Gasteiger partial charge >= 0.3 is 0 Å². The number of rotatable bonds is 4. The number of hydrogen-bond acceptors (Lipinski definition) is 3. The third kappa shape index (κ3) is 2.94. The minimum absolute atomic E-state index is 0.135. The summed E-state index contributed by atoms with van der Waals surface area (Å²) in [7, 11) is 0. The van der Waals surface area contributed by atoms with Gasteiger partial charge in [-0.3, -0.25) is 4.79 Å². The van der Waals surface area contributed by atoms with Crippen molar-refractivity contribution < 1.29 is 18.3 Å². The number of aldehydes is 1. The summed E-state index contributed by atoms with van der Waals surface area (Å²) in [5, 5.41) is 0. The molecule has 0 N–H and O–H groups in total. The molecule has 0 aliphatic carbocycles. The SMILES string of the molecule is O=Cc1ccc(COc2cc(F)ccc2Br)o1. The Bertz CT molecular complexity index is 536. The first-order chi connectivity index (χ1) is 8.19. The largest absolute Gasteiger partial charge is 0.484 e. The molecule has 0 saturated carbocycles. The number of ether oxygens (including phenoxy) is 1. The van der Waals surface area contributed by atoms with Crippen molar-refractivity contribution in [2.45, 2.75) is 6.61 Å². The molecule has 3 nitrogen and oxygen atoms in total. The average Bonchev–Trinajstić information content (AvgIpc) is 2.78. The number of furan rings is 1. The Balaban J connectivity index is 2.06. The van der Waals surface area contributed by atoms with Crippen molar-refractivity contribution in [1.82, 2.24) is 0 Å². The fourth-order valence-corrected chi connectivity index (χ4v) is 1.63.